The largest absolute Gasteiger partial charge is 2.00 e. The summed E-state index contributed by atoms with van der Waals surface area (Å²) in [4.78, 5) is 0. The molecule has 0 aliphatic carbocycles. The molecule has 0 aliphatic rings. The molecule has 8 rings (SSSR count). The fourth-order valence-electron chi connectivity index (χ4n) is 7.00. The number of rotatable bonds is 6. The van der Waals surface area contributed by atoms with Gasteiger partial charge in [-0.3, -0.25) is 0 Å². The van der Waals surface area contributed by atoms with Crippen LogP contribution in [-0.2, 0) is 49.9 Å². The molecule has 0 N–H and O–H groups in total. The van der Waals surface area contributed by atoms with E-state index in [-0.39, 0.29) is 37.0 Å². The molecule has 3 heteroatoms. The van der Waals surface area contributed by atoms with Gasteiger partial charge in [-0.25, -0.2) is 0 Å². The summed E-state index contributed by atoms with van der Waals surface area (Å²) in [5.74, 6) is 3.96. The second-order valence-electron chi connectivity index (χ2n) is 16.0. The summed E-state index contributed by atoms with van der Waals surface area (Å²) >= 11 is 0. The minimum atomic E-state index is 0. The second kappa shape index (κ2) is 15.5. The molecule has 6 aromatic carbocycles. The van der Waals surface area contributed by atoms with E-state index in [9.17, 15) is 0 Å². The summed E-state index contributed by atoms with van der Waals surface area (Å²) in [7, 11) is 0. The normalized spacial score (nSPS) is 11.8. The molecule has 0 unspecified atom stereocenters. The maximum absolute atomic E-state index is 5.95. The Balaban J connectivity index is 0.000000178. The standard InChI is InChI=1S/2C25H25O.Zr/c2*1-5-21-13-14-24(26-21)19-15-18-7-6-8-22(23(18)16-19)17-9-11-20(12-10-17)25(2,3)4;/h2*6-16H,5H2,1-4H3;/q2*-1;+2. The number of fused-ring (bicyclic) bond motifs is 2. The molecule has 8 aromatic rings. The molecule has 53 heavy (non-hydrogen) atoms. The smallest absolute Gasteiger partial charge is 0.496 e. The molecule has 0 saturated carbocycles. The van der Waals surface area contributed by atoms with Gasteiger partial charge in [0.25, 0.3) is 0 Å². The van der Waals surface area contributed by atoms with Crippen molar-refractivity contribution in [2.75, 3.05) is 0 Å². The third kappa shape index (κ3) is 8.22. The van der Waals surface area contributed by atoms with Crippen LogP contribution in [0.15, 0.2) is 142 Å². The molecule has 0 bridgehead atoms. The van der Waals surface area contributed by atoms with Crippen LogP contribution in [-0.4, -0.2) is 0 Å². The van der Waals surface area contributed by atoms with Gasteiger partial charge in [0.1, 0.15) is 0 Å². The van der Waals surface area contributed by atoms with Crippen LogP contribution in [0.3, 0.4) is 0 Å². The quantitative estimate of drug-likeness (QED) is 0.157. The van der Waals surface area contributed by atoms with Crippen LogP contribution >= 0.6 is 0 Å². The number of hydrogen-bond acceptors (Lipinski definition) is 2. The SMILES string of the molecule is CCc1ccc(-c2cc3c(-c4ccc(C(C)(C)C)cc4)cccc3[cH-]2)o1.CCc1ccc(-c2cc3c(-c4ccc(C(C)(C)C)cc4)cccc3[cH-]2)o1.[Zr+2]. The van der Waals surface area contributed by atoms with Crippen molar-refractivity contribution in [2.45, 2.75) is 79.1 Å². The van der Waals surface area contributed by atoms with Gasteiger partial charge in [0.2, 0.25) is 0 Å². The molecule has 0 atom stereocenters. The number of benzene rings is 4. The van der Waals surface area contributed by atoms with Crippen LogP contribution in [0.1, 0.15) is 78.0 Å². The Hall–Kier alpha value is -4.46. The van der Waals surface area contributed by atoms with Crippen LogP contribution < -0.4 is 0 Å². The third-order valence-corrected chi connectivity index (χ3v) is 10.2. The van der Waals surface area contributed by atoms with Crippen LogP contribution in [0.5, 0.6) is 0 Å². The van der Waals surface area contributed by atoms with Gasteiger partial charge in [-0.05, 0) is 57.3 Å². The molecule has 2 heterocycles. The number of aryl methyl sites for hydroxylation is 2. The van der Waals surface area contributed by atoms with Crippen molar-refractivity contribution in [1.82, 2.24) is 0 Å². The van der Waals surface area contributed by atoms with Crippen molar-refractivity contribution >= 4 is 21.5 Å². The van der Waals surface area contributed by atoms with Crippen molar-refractivity contribution < 1.29 is 35.0 Å². The molecule has 0 aliphatic heterocycles. The summed E-state index contributed by atoms with van der Waals surface area (Å²) < 4.78 is 11.9. The van der Waals surface area contributed by atoms with E-state index >= 15 is 0 Å². The topological polar surface area (TPSA) is 26.3 Å². The van der Waals surface area contributed by atoms with Crippen molar-refractivity contribution in [3.63, 3.8) is 0 Å². The Kier molecular flexibility index (Phi) is 11.2. The maximum Gasteiger partial charge on any atom is 2.00 e. The van der Waals surface area contributed by atoms with Gasteiger partial charge in [0.15, 0.2) is 0 Å². The first-order valence-corrected chi connectivity index (χ1v) is 18.7. The zero-order valence-electron chi connectivity index (χ0n) is 32.4. The Morgan fingerprint density at radius 3 is 1.17 bits per heavy atom. The monoisotopic (exact) mass is 772 g/mol. The van der Waals surface area contributed by atoms with Crippen molar-refractivity contribution in [1.29, 1.82) is 0 Å². The van der Waals surface area contributed by atoms with E-state index in [1.807, 2.05) is 0 Å². The van der Waals surface area contributed by atoms with Crippen molar-refractivity contribution in [3.05, 3.63) is 156 Å². The van der Waals surface area contributed by atoms with Gasteiger partial charge in [-0.1, -0.05) is 150 Å². The summed E-state index contributed by atoms with van der Waals surface area (Å²) in [6.45, 7) is 17.7. The third-order valence-electron chi connectivity index (χ3n) is 10.2. The summed E-state index contributed by atoms with van der Waals surface area (Å²) in [5.41, 5.74) is 10.4. The summed E-state index contributed by atoms with van der Waals surface area (Å²) in [6, 6.07) is 48.2. The molecular formula is C50H50O2Zr. The summed E-state index contributed by atoms with van der Waals surface area (Å²) in [5, 5.41) is 5.07. The minimum absolute atomic E-state index is 0. The molecule has 0 saturated heterocycles. The summed E-state index contributed by atoms with van der Waals surface area (Å²) in [6.07, 6.45) is 1.84. The van der Waals surface area contributed by atoms with E-state index in [0.717, 1.165) is 47.0 Å². The van der Waals surface area contributed by atoms with Gasteiger partial charge >= 0.3 is 26.2 Å². The van der Waals surface area contributed by atoms with Crippen LogP contribution in [0.2, 0.25) is 0 Å². The Labute approximate surface area is 334 Å². The van der Waals surface area contributed by atoms with Gasteiger partial charge in [0, 0.05) is 12.8 Å². The molecule has 266 valence electrons. The van der Waals surface area contributed by atoms with E-state index in [4.69, 9.17) is 8.83 Å². The first-order valence-electron chi connectivity index (χ1n) is 18.7. The first kappa shape index (κ1) is 38.3. The van der Waals surface area contributed by atoms with E-state index in [0.29, 0.717) is 0 Å². The Morgan fingerprint density at radius 1 is 0.472 bits per heavy atom. The predicted octanol–water partition coefficient (Wildman–Crippen LogP) is 14.7. The predicted molar refractivity (Wildman–Crippen MR) is 222 cm³/mol. The maximum atomic E-state index is 5.95. The molecule has 0 fully saturated rings. The van der Waals surface area contributed by atoms with Gasteiger partial charge in [-0.15, -0.1) is 57.9 Å². The van der Waals surface area contributed by atoms with Crippen molar-refractivity contribution in [2.24, 2.45) is 0 Å². The molecule has 2 aromatic heterocycles. The molecule has 2 nitrogen and oxygen atoms in total. The zero-order chi connectivity index (χ0) is 36.6. The average Bonchev–Trinajstić information content (AvgIpc) is 3.96. The van der Waals surface area contributed by atoms with E-state index in [1.165, 1.54) is 54.9 Å². The fraction of sp³-hybridized carbons (Fsp3) is 0.240. The van der Waals surface area contributed by atoms with Gasteiger partial charge in [0.05, 0.1) is 23.0 Å². The van der Waals surface area contributed by atoms with Crippen molar-refractivity contribution in [3.8, 4) is 44.9 Å². The van der Waals surface area contributed by atoms with Gasteiger partial charge in [-0.2, -0.15) is 0 Å². The fourth-order valence-corrected chi connectivity index (χ4v) is 7.00. The van der Waals surface area contributed by atoms with Crippen LogP contribution in [0.4, 0.5) is 0 Å². The van der Waals surface area contributed by atoms with Crippen LogP contribution in [0, 0.1) is 0 Å². The van der Waals surface area contributed by atoms with Crippen LogP contribution in [0.25, 0.3) is 66.4 Å². The molecule has 0 spiro atoms. The van der Waals surface area contributed by atoms with Gasteiger partial charge < -0.3 is 8.83 Å². The molecule has 0 radical (unpaired) electrons. The van der Waals surface area contributed by atoms with E-state index in [2.05, 4.69) is 189 Å². The average molecular weight is 774 g/mol. The molecule has 0 amide bonds. The number of hydrogen-bond donors (Lipinski definition) is 0. The zero-order valence-corrected chi connectivity index (χ0v) is 34.9. The van der Waals surface area contributed by atoms with E-state index in [1.54, 1.807) is 0 Å². The molecular weight excluding hydrogens is 724 g/mol. The van der Waals surface area contributed by atoms with E-state index < -0.39 is 0 Å². The Bertz CT molecular complexity index is 2250. The first-order chi connectivity index (χ1) is 24.9. The Morgan fingerprint density at radius 2 is 0.849 bits per heavy atom. The number of furan rings is 2. The second-order valence-corrected chi connectivity index (χ2v) is 16.0. The minimum Gasteiger partial charge on any atom is -0.496 e.